The lowest BCUT2D eigenvalue weighted by atomic mass is 9.83. The first-order chi connectivity index (χ1) is 10.9. The number of nitrogens with one attached hydrogen (secondary N) is 2. The van der Waals surface area contributed by atoms with Gasteiger partial charge in [0.05, 0.1) is 0 Å². The summed E-state index contributed by atoms with van der Waals surface area (Å²) < 4.78 is 0. The molecule has 6 heteroatoms. The fraction of sp³-hybridized carbons (Fsp3) is 0.706. The normalized spacial score (nSPS) is 18.6. The summed E-state index contributed by atoms with van der Waals surface area (Å²) in [6.45, 7) is 5.61. The number of primary amides is 1. The van der Waals surface area contributed by atoms with Crippen LogP contribution in [-0.2, 0) is 4.79 Å². The van der Waals surface area contributed by atoms with E-state index in [0.29, 0.717) is 18.0 Å². The lowest BCUT2D eigenvalue weighted by Crippen LogP contribution is -2.60. The van der Waals surface area contributed by atoms with Crippen LogP contribution >= 0.6 is 0 Å². The predicted molar refractivity (Wildman–Crippen MR) is 88.9 cm³/mol. The molecule has 2 amide bonds. The van der Waals surface area contributed by atoms with Crippen molar-refractivity contribution in [2.45, 2.75) is 70.8 Å². The maximum atomic E-state index is 12.5. The summed E-state index contributed by atoms with van der Waals surface area (Å²) in [6, 6.07) is 1.81. The first-order valence-electron chi connectivity index (χ1n) is 8.58. The van der Waals surface area contributed by atoms with E-state index in [1.807, 2.05) is 26.8 Å². The minimum absolute atomic E-state index is 0.0919. The molecule has 6 nitrogen and oxygen atoms in total. The van der Waals surface area contributed by atoms with Crippen LogP contribution in [0.4, 0.5) is 0 Å². The number of aromatic nitrogens is 2. The van der Waals surface area contributed by atoms with Crippen LogP contribution in [-0.4, -0.2) is 27.6 Å². The summed E-state index contributed by atoms with van der Waals surface area (Å²) in [5.74, 6) is -0.496. The highest BCUT2D eigenvalue weighted by Crippen LogP contribution is 2.31. The summed E-state index contributed by atoms with van der Waals surface area (Å²) in [6.07, 6.45) is 6.44. The first-order valence-corrected chi connectivity index (χ1v) is 8.58. The molecular formula is C17H28N4O2. The third-order valence-electron chi connectivity index (χ3n) is 5.19. The number of nitrogens with zero attached hydrogens (tertiary/aromatic N) is 1. The molecule has 23 heavy (non-hydrogen) atoms. The molecule has 1 saturated carbocycles. The van der Waals surface area contributed by atoms with Crippen LogP contribution in [0.3, 0.4) is 0 Å². The van der Waals surface area contributed by atoms with Crippen LogP contribution in [0.1, 0.15) is 81.4 Å². The van der Waals surface area contributed by atoms with Gasteiger partial charge in [-0.05, 0) is 31.2 Å². The Morgan fingerprint density at radius 2 is 2.04 bits per heavy atom. The molecule has 128 valence electrons. The first kappa shape index (κ1) is 17.5. The van der Waals surface area contributed by atoms with Gasteiger partial charge >= 0.3 is 0 Å². The molecule has 1 unspecified atom stereocenters. The number of amides is 2. The van der Waals surface area contributed by atoms with Crippen molar-refractivity contribution in [3.05, 3.63) is 17.5 Å². The van der Waals surface area contributed by atoms with E-state index < -0.39 is 11.4 Å². The van der Waals surface area contributed by atoms with Gasteiger partial charge in [0.25, 0.3) is 5.91 Å². The van der Waals surface area contributed by atoms with E-state index >= 15 is 0 Å². The van der Waals surface area contributed by atoms with E-state index in [2.05, 4.69) is 15.5 Å². The number of carbonyl (C=O) groups excluding carboxylic acids is 2. The highest BCUT2D eigenvalue weighted by Gasteiger charge is 2.40. The molecule has 4 N–H and O–H groups in total. The summed E-state index contributed by atoms with van der Waals surface area (Å²) in [5.41, 5.74) is 5.85. The standard InChI is InChI=1S/C17H28N4O2/c1-4-17(11(2)3,16(18)23)19-15(22)14-10-13(20-21-14)12-8-6-5-7-9-12/h10-12H,4-9H2,1-3H3,(H2,18,23)(H,19,22)(H,20,21). The van der Waals surface area contributed by atoms with E-state index in [9.17, 15) is 9.59 Å². The quantitative estimate of drug-likeness (QED) is 0.750. The monoisotopic (exact) mass is 320 g/mol. The van der Waals surface area contributed by atoms with Gasteiger partial charge in [0.1, 0.15) is 11.2 Å². The fourth-order valence-corrected chi connectivity index (χ4v) is 3.50. The van der Waals surface area contributed by atoms with Crippen molar-refractivity contribution < 1.29 is 9.59 Å². The van der Waals surface area contributed by atoms with Gasteiger partial charge in [0.2, 0.25) is 5.91 Å². The van der Waals surface area contributed by atoms with Crippen LogP contribution in [0.25, 0.3) is 0 Å². The summed E-state index contributed by atoms with van der Waals surface area (Å²) in [5, 5.41) is 9.95. The summed E-state index contributed by atoms with van der Waals surface area (Å²) >= 11 is 0. The number of hydrogen-bond donors (Lipinski definition) is 3. The molecular weight excluding hydrogens is 292 g/mol. The van der Waals surface area contributed by atoms with Crippen LogP contribution < -0.4 is 11.1 Å². The smallest absolute Gasteiger partial charge is 0.272 e. The van der Waals surface area contributed by atoms with Crippen molar-refractivity contribution in [2.24, 2.45) is 11.7 Å². The number of aromatic amines is 1. The highest BCUT2D eigenvalue weighted by atomic mass is 16.2. The van der Waals surface area contributed by atoms with Gasteiger partial charge in [-0.25, -0.2) is 0 Å². The van der Waals surface area contributed by atoms with Gasteiger partial charge < -0.3 is 11.1 Å². The fourth-order valence-electron chi connectivity index (χ4n) is 3.50. The lowest BCUT2D eigenvalue weighted by molar-refractivity contribution is -0.126. The molecule has 1 aliphatic carbocycles. The van der Waals surface area contributed by atoms with Crippen LogP contribution in [0.5, 0.6) is 0 Å². The Morgan fingerprint density at radius 1 is 1.39 bits per heavy atom. The zero-order valence-corrected chi connectivity index (χ0v) is 14.3. The maximum Gasteiger partial charge on any atom is 0.272 e. The molecule has 1 fully saturated rings. The number of nitrogens with two attached hydrogens (primary N) is 1. The Kier molecular flexibility index (Phi) is 5.44. The molecule has 0 spiro atoms. The van der Waals surface area contributed by atoms with Crippen molar-refractivity contribution >= 4 is 11.8 Å². The van der Waals surface area contributed by atoms with Crippen molar-refractivity contribution in [3.8, 4) is 0 Å². The van der Waals surface area contributed by atoms with Gasteiger partial charge in [-0.2, -0.15) is 5.10 Å². The molecule has 1 atom stereocenters. The second kappa shape index (κ2) is 7.15. The third kappa shape index (κ3) is 3.57. The lowest BCUT2D eigenvalue weighted by Gasteiger charge is -2.34. The largest absolute Gasteiger partial charge is 0.368 e. The van der Waals surface area contributed by atoms with Crippen molar-refractivity contribution in [1.82, 2.24) is 15.5 Å². The zero-order valence-electron chi connectivity index (χ0n) is 14.3. The minimum atomic E-state index is -1.04. The second-order valence-electron chi connectivity index (χ2n) is 6.84. The van der Waals surface area contributed by atoms with Gasteiger partial charge in [0, 0.05) is 11.6 Å². The predicted octanol–water partition coefficient (Wildman–Crippen LogP) is 2.48. The van der Waals surface area contributed by atoms with Crippen molar-refractivity contribution in [2.75, 3.05) is 0 Å². The molecule has 1 aromatic heterocycles. The average molecular weight is 320 g/mol. The number of carbonyl (C=O) groups is 2. The number of H-pyrrole nitrogens is 1. The second-order valence-corrected chi connectivity index (χ2v) is 6.84. The topological polar surface area (TPSA) is 101 Å². The highest BCUT2D eigenvalue weighted by molar-refractivity contribution is 5.97. The molecule has 1 aromatic rings. The summed E-state index contributed by atoms with van der Waals surface area (Å²) in [7, 11) is 0. The molecule has 0 saturated heterocycles. The maximum absolute atomic E-state index is 12.5. The Morgan fingerprint density at radius 3 is 2.57 bits per heavy atom. The van der Waals surface area contributed by atoms with E-state index in [0.717, 1.165) is 18.5 Å². The summed E-state index contributed by atoms with van der Waals surface area (Å²) in [4.78, 5) is 24.4. The van der Waals surface area contributed by atoms with Gasteiger partial charge in [-0.3, -0.25) is 14.7 Å². The van der Waals surface area contributed by atoms with Crippen LogP contribution in [0, 0.1) is 5.92 Å². The molecule has 1 heterocycles. The molecule has 0 radical (unpaired) electrons. The Hall–Kier alpha value is -1.85. The minimum Gasteiger partial charge on any atom is -0.368 e. The Labute approximate surface area is 137 Å². The SMILES string of the molecule is CCC(NC(=O)c1cc(C2CCCCC2)[nH]n1)(C(N)=O)C(C)C. The van der Waals surface area contributed by atoms with Crippen LogP contribution in [0.2, 0.25) is 0 Å². The molecule has 0 bridgehead atoms. The number of rotatable bonds is 6. The van der Waals surface area contributed by atoms with Gasteiger partial charge in [-0.1, -0.05) is 40.0 Å². The average Bonchev–Trinajstić information content (AvgIpc) is 3.02. The van der Waals surface area contributed by atoms with Gasteiger partial charge in [0.15, 0.2) is 0 Å². The van der Waals surface area contributed by atoms with Crippen molar-refractivity contribution in [1.29, 1.82) is 0 Å². The van der Waals surface area contributed by atoms with Gasteiger partial charge in [-0.15, -0.1) is 0 Å². The Bertz CT molecular complexity index is 561. The molecule has 2 rings (SSSR count). The molecule has 0 aliphatic heterocycles. The van der Waals surface area contributed by atoms with Crippen LogP contribution in [0.15, 0.2) is 6.07 Å². The Balaban J connectivity index is 2.13. The number of hydrogen-bond acceptors (Lipinski definition) is 3. The van der Waals surface area contributed by atoms with E-state index in [-0.39, 0.29) is 11.8 Å². The molecule has 1 aliphatic rings. The zero-order chi connectivity index (χ0) is 17.0. The molecule has 0 aromatic carbocycles. The third-order valence-corrected chi connectivity index (χ3v) is 5.19. The van der Waals surface area contributed by atoms with E-state index in [1.54, 1.807) is 0 Å². The van der Waals surface area contributed by atoms with Crippen molar-refractivity contribution in [3.63, 3.8) is 0 Å². The van der Waals surface area contributed by atoms with E-state index in [4.69, 9.17) is 5.73 Å². The van der Waals surface area contributed by atoms with E-state index in [1.165, 1.54) is 19.3 Å².